The number of hydrogen-bond donors (Lipinski definition) is 0. The Morgan fingerprint density at radius 1 is 1.03 bits per heavy atom. The molecule has 2 unspecified atom stereocenters. The molecule has 3 fully saturated rings. The topological polar surface area (TPSA) is 70.4 Å². The molecule has 2 bridgehead atoms. The summed E-state index contributed by atoms with van der Waals surface area (Å²) in [6, 6.07) is 11.1. The number of anilines is 2. The van der Waals surface area contributed by atoms with Crippen molar-refractivity contribution in [3.05, 3.63) is 54.1 Å². The number of nitrogens with zero attached hydrogens (tertiary/aromatic N) is 7. The largest absolute Gasteiger partial charge is 0.367 e. The average molecular weight is 472 g/mol. The van der Waals surface area contributed by atoms with Gasteiger partial charge in [-0.15, -0.1) is 0 Å². The van der Waals surface area contributed by atoms with E-state index in [1.54, 1.807) is 4.68 Å². The highest BCUT2D eigenvalue weighted by Gasteiger charge is 2.39. The standard InChI is InChI=1S/C27H33N7O/c1-19-13-20(2)34(30-19)18-26(35)32-11-9-31(10-12-32)25-6-4-3-5-24(25)22-15-28-27(29-16-22)33-17-21-7-8-23(33)14-21/h3-6,13,15-16,21,23H,7-12,14,17-18H2,1-2H3. The van der Waals surface area contributed by atoms with Gasteiger partial charge in [-0.25, -0.2) is 9.97 Å². The molecule has 3 aliphatic rings. The summed E-state index contributed by atoms with van der Waals surface area (Å²) in [6.07, 6.45) is 7.87. The molecule has 2 aromatic heterocycles. The Labute approximate surface area is 206 Å². The number of rotatable bonds is 5. The maximum atomic E-state index is 12.9. The lowest BCUT2D eigenvalue weighted by Gasteiger charge is -2.37. The summed E-state index contributed by atoms with van der Waals surface area (Å²) in [5.74, 6) is 1.82. The molecule has 0 spiro atoms. The third-order valence-electron chi connectivity index (χ3n) is 7.88. The van der Waals surface area contributed by atoms with E-state index in [0.717, 1.165) is 54.0 Å². The number of fused-ring (bicyclic) bond motifs is 2. The molecule has 1 aliphatic carbocycles. The van der Waals surface area contributed by atoms with Gasteiger partial charge in [-0.1, -0.05) is 18.2 Å². The summed E-state index contributed by atoms with van der Waals surface area (Å²) < 4.78 is 1.80. The van der Waals surface area contributed by atoms with Crippen molar-refractivity contribution in [3.8, 4) is 11.1 Å². The first-order valence-corrected chi connectivity index (χ1v) is 12.8. The molecule has 2 atom stereocenters. The first-order valence-electron chi connectivity index (χ1n) is 12.8. The van der Waals surface area contributed by atoms with Crippen molar-refractivity contribution in [3.63, 3.8) is 0 Å². The first kappa shape index (κ1) is 22.1. The van der Waals surface area contributed by atoms with Gasteiger partial charge >= 0.3 is 0 Å². The van der Waals surface area contributed by atoms with Gasteiger partial charge in [-0.2, -0.15) is 5.10 Å². The Morgan fingerprint density at radius 3 is 2.46 bits per heavy atom. The van der Waals surface area contributed by atoms with E-state index in [9.17, 15) is 4.79 Å². The van der Waals surface area contributed by atoms with E-state index in [4.69, 9.17) is 9.97 Å². The number of piperidine rings is 1. The predicted octanol–water partition coefficient (Wildman–Crippen LogP) is 3.29. The lowest BCUT2D eigenvalue weighted by atomic mass is 10.1. The van der Waals surface area contributed by atoms with Crippen molar-refractivity contribution in [2.75, 3.05) is 42.5 Å². The van der Waals surface area contributed by atoms with Crippen molar-refractivity contribution in [1.82, 2.24) is 24.6 Å². The van der Waals surface area contributed by atoms with Crippen LogP contribution in [0.1, 0.15) is 30.7 Å². The zero-order valence-corrected chi connectivity index (χ0v) is 20.6. The Morgan fingerprint density at radius 2 is 1.80 bits per heavy atom. The Hall–Kier alpha value is -3.42. The van der Waals surface area contributed by atoms with E-state index in [0.29, 0.717) is 25.7 Å². The number of hydrogen-bond acceptors (Lipinski definition) is 6. The normalized spacial score (nSPS) is 21.7. The van der Waals surface area contributed by atoms with Crippen LogP contribution in [0.3, 0.4) is 0 Å². The van der Waals surface area contributed by atoms with Gasteiger partial charge in [0.05, 0.1) is 5.69 Å². The monoisotopic (exact) mass is 471 g/mol. The SMILES string of the molecule is Cc1cc(C)n(CC(=O)N2CCN(c3ccccc3-c3cnc(N4CC5CCC4C5)nc3)CC2)n1. The first-order chi connectivity index (χ1) is 17.0. The summed E-state index contributed by atoms with van der Waals surface area (Å²) in [5, 5.41) is 4.44. The number of carbonyl (C=O) groups excluding carboxylic acids is 1. The fraction of sp³-hybridized carbons (Fsp3) is 0.481. The molecule has 8 heteroatoms. The smallest absolute Gasteiger partial charge is 0.244 e. The molecule has 2 aliphatic heterocycles. The van der Waals surface area contributed by atoms with Crippen LogP contribution in [-0.2, 0) is 11.3 Å². The number of para-hydroxylation sites is 1. The van der Waals surface area contributed by atoms with Gasteiger partial charge in [0.25, 0.3) is 0 Å². The zero-order chi connectivity index (χ0) is 23.9. The van der Waals surface area contributed by atoms with E-state index in [-0.39, 0.29) is 5.91 Å². The second-order valence-electron chi connectivity index (χ2n) is 10.2. The summed E-state index contributed by atoms with van der Waals surface area (Å²) in [6.45, 7) is 8.37. The van der Waals surface area contributed by atoms with Gasteiger partial charge in [0, 0.05) is 73.7 Å². The molecular formula is C27H33N7O. The molecule has 6 rings (SSSR count). The quantitative estimate of drug-likeness (QED) is 0.569. The number of aryl methyl sites for hydroxylation is 2. The maximum Gasteiger partial charge on any atom is 0.244 e. The molecule has 2 saturated heterocycles. The molecule has 35 heavy (non-hydrogen) atoms. The highest BCUT2D eigenvalue weighted by Crippen LogP contribution is 2.39. The Kier molecular flexibility index (Phi) is 5.66. The summed E-state index contributed by atoms with van der Waals surface area (Å²) in [7, 11) is 0. The van der Waals surface area contributed by atoms with Crippen molar-refractivity contribution in [1.29, 1.82) is 0 Å². The minimum atomic E-state index is 0.128. The highest BCUT2D eigenvalue weighted by atomic mass is 16.2. The van der Waals surface area contributed by atoms with Crippen LogP contribution < -0.4 is 9.80 Å². The number of amides is 1. The van der Waals surface area contributed by atoms with E-state index in [1.165, 1.54) is 24.9 Å². The number of piperazine rings is 1. The molecule has 3 aromatic rings. The number of benzene rings is 1. The Balaban J connectivity index is 1.13. The minimum Gasteiger partial charge on any atom is -0.367 e. The van der Waals surface area contributed by atoms with Crippen LogP contribution in [0, 0.1) is 19.8 Å². The molecule has 0 N–H and O–H groups in total. The minimum absolute atomic E-state index is 0.128. The fourth-order valence-corrected chi connectivity index (χ4v) is 6.03. The van der Waals surface area contributed by atoms with Crippen LogP contribution >= 0.6 is 0 Å². The molecule has 8 nitrogen and oxygen atoms in total. The van der Waals surface area contributed by atoms with Gasteiger partial charge in [0.1, 0.15) is 6.54 Å². The van der Waals surface area contributed by atoms with Gasteiger partial charge < -0.3 is 14.7 Å². The van der Waals surface area contributed by atoms with Crippen molar-refractivity contribution in [2.45, 2.75) is 45.7 Å². The number of aromatic nitrogens is 4. The zero-order valence-electron chi connectivity index (χ0n) is 20.6. The van der Waals surface area contributed by atoms with Crippen molar-refractivity contribution >= 4 is 17.5 Å². The van der Waals surface area contributed by atoms with Crippen LogP contribution in [0.4, 0.5) is 11.6 Å². The van der Waals surface area contributed by atoms with E-state index < -0.39 is 0 Å². The van der Waals surface area contributed by atoms with Crippen molar-refractivity contribution < 1.29 is 4.79 Å². The van der Waals surface area contributed by atoms with Gasteiger partial charge in [-0.05, 0) is 51.2 Å². The predicted molar refractivity (Wildman–Crippen MR) is 136 cm³/mol. The third-order valence-corrected chi connectivity index (χ3v) is 7.88. The lowest BCUT2D eigenvalue weighted by molar-refractivity contribution is -0.132. The highest BCUT2D eigenvalue weighted by molar-refractivity contribution is 5.79. The van der Waals surface area contributed by atoms with Gasteiger partial charge in [0.2, 0.25) is 11.9 Å². The lowest BCUT2D eigenvalue weighted by Crippen LogP contribution is -2.49. The van der Waals surface area contributed by atoms with E-state index >= 15 is 0 Å². The van der Waals surface area contributed by atoms with Gasteiger partial charge in [-0.3, -0.25) is 9.48 Å². The average Bonchev–Trinajstić information content (AvgIpc) is 3.60. The summed E-state index contributed by atoms with van der Waals surface area (Å²) in [5.41, 5.74) is 5.33. The third kappa shape index (κ3) is 4.26. The molecule has 182 valence electrons. The summed E-state index contributed by atoms with van der Waals surface area (Å²) in [4.78, 5) is 29.1. The molecule has 0 radical (unpaired) electrons. The van der Waals surface area contributed by atoms with Crippen LogP contribution in [0.25, 0.3) is 11.1 Å². The molecule has 4 heterocycles. The second kappa shape index (κ2) is 8.98. The van der Waals surface area contributed by atoms with Crippen LogP contribution in [0.15, 0.2) is 42.7 Å². The fourth-order valence-electron chi connectivity index (χ4n) is 6.03. The maximum absolute atomic E-state index is 12.9. The molecular weight excluding hydrogens is 438 g/mol. The molecule has 1 aromatic carbocycles. The Bertz CT molecular complexity index is 1210. The van der Waals surface area contributed by atoms with Crippen LogP contribution in [0.2, 0.25) is 0 Å². The van der Waals surface area contributed by atoms with Crippen LogP contribution in [0.5, 0.6) is 0 Å². The summed E-state index contributed by atoms with van der Waals surface area (Å²) >= 11 is 0. The molecule has 1 saturated carbocycles. The van der Waals surface area contributed by atoms with Crippen LogP contribution in [-0.4, -0.2) is 69.3 Å². The van der Waals surface area contributed by atoms with E-state index in [2.05, 4.69) is 39.2 Å². The molecule has 1 amide bonds. The second-order valence-corrected chi connectivity index (χ2v) is 10.2. The number of carbonyl (C=O) groups is 1. The van der Waals surface area contributed by atoms with Gasteiger partial charge in [0.15, 0.2) is 0 Å². The van der Waals surface area contributed by atoms with Crippen molar-refractivity contribution in [2.24, 2.45) is 5.92 Å². The van der Waals surface area contributed by atoms with E-state index in [1.807, 2.05) is 37.2 Å².